The molecule has 5 nitrogen and oxygen atoms in total. The maximum atomic E-state index is 12.5. The average molecular weight is 293 g/mol. The Balaban J connectivity index is 2.03. The molecule has 1 aliphatic rings. The molecule has 2 N–H and O–H groups in total. The van der Waals surface area contributed by atoms with Gasteiger partial charge in [-0.3, -0.25) is 9.78 Å². The number of aromatic nitrogens is 1. The highest BCUT2D eigenvalue weighted by Gasteiger charge is 2.28. The number of hydrogen-bond acceptors (Lipinski definition) is 4. The van der Waals surface area contributed by atoms with Gasteiger partial charge in [-0.2, -0.15) is 0 Å². The van der Waals surface area contributed by atoms with E-state index >= 15 is 0 Å². The Hall–Kier alpha value is -1.53. The number of amides is 1. The van der Waals surface area contributed by atoms with E-state index in [2.05, 4.69) is 4.98 Å². The molecular weight excluding hydrogens is 274 g/mol. The summed E-state index contributed by atoms with van der Waals surface area (Å²) in [6.45, 7) is 2.24. The van der Waals surface area contributed by atoms with Crippen LogP contribution in [0.25, 0.3) is 0 Å². The number of nitrogens with two attached hydrogens (primary N) is 1. The lowest BCUT2D eigenvalue weighted by molar-refractivity contribution is -0.136. The summed E-state index contributed by atoms with van der Waals surface area (Å²) in [5.41, 5.74) is 6.55. The molecule has 2 heterocycles. The number of hydrogen-bond donors (Lipinski definition) is 1. The normalized spacial score (nSPS) is 17.9. The van der Waals surface area contributed by atoms with Crippen LogP contribution in [0, 0.1) is 5.92 Å². The van der Waals surface area contributed by atoms with E-state index in [0.717, 1.165) is 12.0 Å². The summed E-state index contributed by atoms with van der Waals surface area (Å²) in [7, 11) is 0. The summed E-state index contributed by atoms with van der Waals surface area (Å²) in [6, 6.07) is 3.82. The molecule has 1 unspecified atom stereocenters. The Morgan fingerprint density at radius 1 is 1.60 bits per heavy atom. The highest BCUT2D eigenvalue weighted by molar-refractivity contribution is 7.80. The number of carbonyl (C=O) groups excluding carboxylic acids is 1. The van der Waals surface area contributed by atoms with Gasteiger partial charge in [0.05, 0.1) is 17.5 Å². The zero-order chi connectivity index (χ0) is 14.4. The van der Waals surface area contributed by atoms with Crippen molar-refractivity contribution in [2.75, 3.05) is 19.8 Å². The first-order chi connectivity index (χ1) is 9.66. The molecule has 20 heavy (non-hydrogen) atoms. The van der Waals surface area contributed by atoms with Crippen LogP contribution in [0.5, 0.6) is 0 Å². The summed E-state index contributed by atoms with van der Waals surface area (Å²) < 4.78 is 5.29. The molecule has 1 aromatic rings. The summed E-state index contributed by atoms with van der Waals surface area (Å²) in [6.07, 6.45) is 4.81. The number of carbonyl (C=O) groups is 1. The predicted molar refractivity (Wildman–Crippen MR) is 80.0 cm³/mol. The Labute approximate surface area is 124 Å². The van der Waals surface area contributed by atoms with Gasteiger partial charge in [0.15, 0.2) is 0 Å². The van der Waals surface area contributed by atoms with Gasteiger partial charge >= 0.3 is 0 Å². The Kier molecular flexibility index (Phi) is 5.43. The van der Waals surface area contributed by atoms with Crippen molar-refractivity contribution in [1.82, 2.24) is 9.88 Å². The Morgan fingerprint density at radius 3 is 3.05 bits per heavy atom. The molecule has 1 fully saturated rings. The van der Waals surface area contributed by atoms with E-state index in [1.165, 1.54) is 0 Å². The molecule has 0 spiro atoms. The van der Waals surface area contributed by atoms with Crippen molar-refractivity contribution in [2.24, 2.45) is 11.7 Å². The molecule has 0 radical (unpaired) electrons. The van der Waals surface area contributed by atoms with E-state index in [1.807, 2.05) is 12.1 Å². The third-order valence-corrected chi connectivity index (χ3v) is 3.52. The fraction of sp³-hybridized carbons (Fsp3) is 0.500. The van der Waals surface area contributed by atoms with Crippen LogP contribution < -0.4 is 5.73 Å². The quantitative estimate of drug-likeness (QED) is 0.796. The molecule has 1 amide bonds. The largest absolute Gasteiger partial charge is 0.393 e. The van der Waals surface area contributed by atoms with Gasteiger partial charge in [0.25, 0.3) is 0 Å². The number of thiocarbonyl (C=S) groups is 1. The van der Waals surface area contributed by atoms with Crippen molar-refractivity contribution < 1.29 is 9.53 Å². The van der Waals surface area contributed by atoms with Crippen LogP contribution in [0.4, 0.5) is 0 Å². The fourth-order valence-electron chi connectivity index (χ4n) is 2.21. The third kappa shape index (κ3) is 4.25. The second-order valence-corrected chi connectivity index (χ2v) is 5.42. The Morgan fingerprint density at radius 2 is 2.45 bits per heavy atom. The van der Waals surface area contributed by atoms with Gasteiger partial charge in [-0.25, -0.2) is 0 Å². The van der Waals surface area contributed by atoms with E-state index in [1.54, 1.807) is 17.3 Å². The van der Waals surface area contributed by atoms with Gasteiger partial charge in [0.1, 0.15) is 0 Å². The topological polar surface area (TPSA) is 68.5 Å². The van der Waals surface area contributed by atoms with Crippen LogP contribution in [-0.4, -0.2) is 40.5 Å². The first kappa shape index (κ1) is 14.9. The maximum Gasteiger partial charge on any atom is 0.228 e. The smallest absolute Gasteiger partial charge is 0.228 e. The average Bonchev–Trinajstić information content (AvgIpc) is 2.97. The van der Waals surface area contributed by atoms with Crippen LogP contribution in [0.1, 0.15) is 18.4 Å². The molecule has 0 aliphatic carbocycles. The van der Waals surface area contributed by atoms with E-state index < -0.39 is 0 Å². The molecule has 1 atom stereocenters. The van der Waals surface area contributed by atoms with Crippen LogP contribution in [-0.2, 0) is 16.1 Å². The molecule has 2 rings (SSSR count). The molecule has 6 heteroatoms. The number of ether oxygens (including phenoxy) is 1. The summed E-state index contributed by atoms with van der Waals surface area (Å²) in [5, 5.41) is 0. The van der Waals surface area contributed by atoms with E-state index in [4.69, 9.17) is 22.7 Å². The fourth-order valence-corrected chi connectivity index (χ4v) is 2.30. The molecular formula is C14H19N3O2S. The van der Waals surface area contributed by atoms with Crippen LogP contribution in [0.2, 0.25) is 0 Å². The van der Waals surface area contributed by atoms with Gasteiger partial charge < -0.3 is 15.4 Å². The van der Waals surface area contributed by atoms with Gasteiger partial charge in [-0.1, -0.05) is 18.3 Å². The molecule has 108 valence electrons. The van der Waals surface area contributed by atoms with E-state index in [-0.39, 0.29) is 11.8 Å². The maximum absolute atomic E-state index is 12.5. The summed E-state index contributed by atoms with van der Waals surface area (Å²) in [5.74, 6) is 0.0700. The van der Waals surface area contributed by atoms with Crippen molar-refractivity contribution in [1.29, 1.82) is 0 Å². The minimum Gasteiger partial charge on any atom is -0.393 e. The lowest BCUT2D eigenvalue weighted by atomic mass is 10.1. The second-order valence-electron chi connectivity index (χ2n) is 4.90. The van der Waals surface area contributed by atoms with Gasteiger partial charge in [-0.15, -0.1) is 0 Å². The standard InChI is InChI=1S/C14H19N3O2S/c15-13(20)3-6-17(9-11-2-1-5-16-8-11)14(18)12-4-7-19-10-12/h1-2,5,8,12H,3-4,6-7,9-10H2,(H2,15,20). The summed E-state index contributed by atoms with van der Waals surface area (Å²) >= 11 is 4.90. The van der Waals surface area contributed by atoms with Crippen molar-refractivity contribution >= 4 is 23.1 Å². The van der Waals surface area contributed by atoms with Crippen LogP contribution in [0.15, 0.2) is 24.5 Å². The van der Waals surface area contributed by atoms with Gasteiger partial charge in [0, 0.05) is 38.5 Å². The predicted octanol–water partition coefficient (Wildman–Crippen LogP) is 1.12. The van der Waals surface area contributed by atoms with E-state index in [0.29, 0.717) is 37.7 Å². The number of rotatable bonds is 6. The Bertz CT molecular complexity index is 461. The zero-order valence-corrected chi connectivity index (χ0v) is 12.1. The minimum absolute atomic E-state index is 0.0435. The lowest BCUT2D eigenvalue weighted by Gasteiger charge is -2.25. The molecule has 1 aromatic heterocycles. The molecule has 1 aliphatic heterocycles. The van der Waals surface area contributed by atoms with Gasteiger partial charge in [-0.05, 0) is 18.1 Å². The highest BCUT2D eigenvalue weighted by atomic mass is 32.1. The second kappa shape index (κ2) is 7.31. The summed E-state index contributed by atoms with van der Waals surface area (Å²) in [4.78, 5) is 18.8. The minimum atomic E-state index is -0.0435. The van der Waals surface area contributed by atoms with Crippen LogP contribution >= 0.6 is 12.2 Å². The van der Waals surface area contributed by atoms with E-state index in [9.17, 15) is 4.79 Å². The van der Waals surface area contributed by atoms with Crippen molar-refractivity contribution in [2.45, 2.75) is 19.4 Å². The van der Waals surface area contributed by atoms with Crippen LogP contribution in [0.3, 0.4) is 0 Å². The lowest BCUT2D eigenvalue weighted by Crippen LogP contribution is -2.38. The first-order valence-corrected chi connectivity index (χ1v) is 7.11. The third-order valence-electron chi connectivity index (χ3n) is 3.31. The number of pyridine rings is 1. The van der Waals surface area contributed by atoms with Crippen molar-refractivity contribution in [3.63, 3.8) is 0 Å². The zero-order valence-electron chi connectivity index (χ0n) is 11.3. The molecule has 0 aromatic carbocycles. The highest BCUT2D eigenvalue weighted by Crippen LogP contribution is 2.17. The van der Waals surface area contributed by atoms with Crippen molar-refractivity contribution in [3.05, 3.63) is 30.1 Å². The molecule has 0 saturated carbocycles. The molecule has 0 bridgehead atoms. The molecule has 1 saturated heterocycles. The number of nitrogens with zero attached hydrogens (tertiary/aromatic N) is 2. The SMILES string of the molecule is NC(=S)CCN(Cc1cccnc1)C(=O)C1CCOC1. The van der Waals surface area contributed by atoms with Gasteiger partial charge in [0.2, 0.25) is 5.91 Å². The van der Waals surface area contributed by atoms with Crippen molar-refractivity contribution in [3.8, 4) is 0 Å². The monoisotopic (exact) mass is 293 g/mol. The first-order valence-electron chi connectivity index (χ1n) is 6.70.